The fourth-order valence-electron chi connectivity index (χ4n) is 4.37. The molecule has 4 rings (SSSR count). The molecular weight excluding hydrogens is 442 g/mol. The maximum atomic E-state index is 14.2. The summed E-state index contributed by atoms with van der Waals surface area (Å²) in [6.45, 7) is 3.05. The summed E-state index contributed by atoms with van der Waals surface area (Å²) in [5.41, 5.74) is 2.22. The molecule has 1 saturated heterocycles. The van der Waals surface area contributed by atoms with Crippen LogP contribution in [0.5, 0.6) is 0 Å². The lowest BCUT2D eigenvalue weighted by molar-refractivity contribution is -0.134. The molecular formula is C25H26F2N4O3. The molecule has 1 aliphatic rings. The molecule has 2 amide bonds. The highest BCUT2D eigenvalue weighted by molar-refractivity contribution is 6.05. The average molecular weight is 469 g/mol. The van der Waals surface area contributed by atoms with Gasteiger partial charge in [0.1, 0.15) is 24.2 Å². The van der Waals surface area contributed by atoms with Crippen LogP contribution in [-0.4, -0.2) is 51.0 Å². The van der Waals surface area contributed by atoms with E-state index in [4.69, 9.17) is 0 Å². The first-order chi connectivity index (χ1) is 16.2. The van der Waals surface area contributed by atoms with Crippen LogP contribution in [0.2, 0.25) is 0 Å². The predicted molar refractivity (Wildman–Crippen MR) is 122 cm³/mol. The number of amides is 2. The second-order valence-electron chi connectivity index (χ2n) is 8.69. The molecule has 0 spiro atoms. The molecule has 178 valence electrons. The van der Waals surface area contributed by atoms with Crippen LogP contribution >= 0.6 is 0 Å². The molecule has 9 heteroatoms. The van der Waals surface area contributed by atoms with Crippen molar-refractivity contribution in [1.82, 2.24) is 20.0 Å². The van der Waals surface area contributed by atoms with Gasteiger partial charge >= 0.3 is 0 Å². The number of nitrogens with zero attached hydrogens (tertiary/aromatic N) is 3. The number of alkyl halides is 1. The second-order valence-corrected chi connectivity index (χ2v) is 8.69. The van der Waals surface area contributed by atoms with Gasteiger partial charge in [-0.1, -0.05) is 29.8 Å². The fourth-order valence-corrected chi connectivity index (χ4v) is 4.37. The highest BCUT2D eigenvalue weighted by Crippen LogP contribution is 2.25. The average Bonchev–Trinajstić information content (AvgIpc) is 3.33. The van der Waals surface area contributed by atoms with E-state index in [2.05, 4.69) is 10.4 Å². The van der Waals surface area contributed by atoms with Crippen molar-refractivity contribution in [2.75, 3.05) is 6.54 Å². The number of ketones is 1. The van der Waals surface area contributed by atoms with Crippen molar-refractivity contribution in [2.45, 2.75) is 52.0 Å². The van der Waals surface area contributed by atoms with Gasteiger partial charge in [-0.15, -0.1) is 0 Å². The Morgan fingerprint density at radius 1 is 1.18 bits per heavy atom. The second kappa shape index (κ2) is 9.70. The third-order valence-electron chi connectivity index (χ3n) is 6.06. The van der Waals surface area contributed by atoms with E-state index < -0.39 is 18.0 Å². The van der Waals surface area contributed by atoms with Gasteiger partial charge in [-0.05, 0) is 25.1 Å². The van der Waals surface area contributed by atoms with Gasteiger partial charge in [0.05, 0.1) is 12.1 Å². The molecule has 0 aliphatic carbocycles. The molecule has 0 saturated carbocycles. The Kier molecular flexibility index (Phi) is 6.72. The van der Waals surface area contributed by atoms with Gasteiger partial charge < -0.3 is 10.2 Å². The van der Waals surface area contributed by atoms with E-state index in [0.717, 1.165) is 5.56 Å². The molecule has 1 unspecified atom stereocenters. The molecule has 2 heterocycles. The normalized spacial score (nSPS) is 17.8. The van der Waals surface area contributed by atoms with Gasteiger partial charge in [0.2, 0.25) is 11.8 Å². The minimum Gasteiger partial charge on any atom is -0.352 e. The standard InChI is InChI=1S/C25H26F2N4O3/c1-15-7-8-22-20(9-15)25(16(2)32)29-31(22)14-24(34)30-13-18(26)10-19(30)11-23(33)28-12-17-5-3-4-6-21(17)27/h3-9,18-19H,10-14H2,1-2H3,(H,28,33)/t18-,19?/m1/s1. The topological polar surface area (TPSA) is 84.3 Å². The molecule has 1 aromatic heterocycles. The Bertz CT molecular complexity index is 1260. The maximum absolute atomic E-state index is 14.2. The van der Waals surface area contributed by atoms with Crippen molar-refractivity contribution >= 4 is 28.5 Å². The lowest BCUT2D eigenvalue weighted by Gasteiger charge is -2.24. The SMILES string of the molecule is CC(=O)c1nn(CC(=O)N2C[C@H](F)CC2CC(=O)NCc2ccccc2F)c2ccc(C)cc12. The number of benzene rings is 2. The summed E-state index contributed by atoms with van der Waals surface area (Å²) in [6, 6.07) is 11.0. The van der Waals surface area contributed by atoms with Gasteiger partial charge in [0.25, 0.3) is 0 Å². The first-order valence-electron chi connectivity index (χ1n) is 11.1. The zero-order valence-corrected chi connectivity index (χ0v) is 19.1. The molecule has 1 aliphatic heterocycles. The van der Waals surface area contributed by atoms with Gasteiger partial charge in [0, 0.05) is 43.3 Å². The van der Waals surface area contributed by atoms with Crippen molar-refractivity contribution in [3.8, 4) is 0 Å². The summed E-state index contributed by atoms with van der Waals surface area (Å²) in [7, 11) is 0. The fraction of sp³-hybridized carbons (Fsp3) is 0.360. The van der Waals surface area contributed by atoms with Crippen LogP contribution in [0.3, 0.4) is 0 Å². The molecule has 0 radical (unpaired) electrons. The quantitative estimate of drug-likeness (QED) is 0.539. The summed E-state index contributed by atoms with van der Waals surface area (Å²) in [6.07, 6.45) is -1.27. The zero-order chi connectivity index (χ0) is 24.4. The summed E-state index contributed by atoms with van der Waals surface area (Å²) >= 11 is 0. The van der Waals surface area contributed by atoms with Crippen molar-refractivity contribution in [3.05, 3.63) is 65.1 Å². The van der Waals surface area contributed by atoms with Crippen LogP contribution < -0.4 is 5.32 Å². The van der Waals surface area contributed by atoms with Gasteiger partial charge in [0.15, 0.2) is 5.78 Å². The Hall–Kier alpha value is -3.62. The number of carbonyl (C=O) groups is 3. The van der Waals surface area contributed by atoms with Crippen LogP contribution in [0.4, 0.5) is 8.78 Å². The van der Waals surface area contributed by atoms with Crippen molar-refractivity contribution < 1.29 is 23.2 Å². The summed E-state index contributed by atoms with van der Waals surface area (Å²) in [4.78, 5) is 39.0. The number of fused-ring (bicyclic) bond motifs is 1. The largest absolute Gasteiger partial charge is 0.352 e. The number of Topliss-reactive ketones (excluding diaryl/α,β-unsaturated/α-hetero) is 1. The summed E-state index contributed by atoms with van der Waals surface area (Å²) in [5, 5.41) is 7.63. The van der Waals surface area contributed by atoms with E-state index in [9.17, 15) is 23.2 Å². The molecule has 2 aromatic carbocycles. The third kappa shape index (κ3) is 4.98. The summed E-state index contributed by atoms with van der Waals surface area (Å²) in [5.74, 6) is -1.40. The number of rotatable bonds is 7. The summed E-state index contributed by atoms with van der Waals surface area (Å²) < 4.78 is 29.5. The Morgan fingerprint density at radius 3 is 2.68 bits per heavy atom. The zero-order valence-electron chi connectivity index (χ0n) is 19.1. The number of aryl methyl sites for hydroxylation is 1. The van der Waals surface area contributed by atoms with Crippen LogP contribution in [0, 0.1) is 12.7 Å². The smallest absolute Gasteiger partial charge is 0.244 e. The number of hydrogen-bond donors (Lipinski definition) is 1. The van der Waals surface area contributed by atoms with E-state index in [-0.39, 0.29) is 55.8 Å². The number of likely N-dealkylation sites (tertiary alicyclic amines) is 1. The van der Waals surface area contributed by atoms with E-state index in [0.29, 0.717) is 16.5 Å². The number of carbonyl (C=O) groups excluding carboxylic acids is 3. The van der Waals surface area contributed by atoms with Gasteiger partial charge in [-0.3, -0.25) is 19.1 Å². The molecule has 3 aromatic rings. The first-order valence-corrected chi connectivity index (χ1v) is 11.1. The molecule has 2 atom stereocenters. The first kappa shape index (κ1) is 23.5. The monoisotopic (exact) mass is 468 g/mol. The predicted octanol–water partition coefficient (Wildman–Crippen LogP) is 3.33. The number of halogens is 2. The van der Waals surface area contributed by atoms with Gasteiger partial charge in [-0.25, -0.2) is 8.78 Å². The molecule has 1 N–H and O–H groups in total. The highest BCUT2D eigenvalue weighted by Gasteiger charge is 2.36. The Balaban J connectivity index is 1.45. The number of aromatic nitrogens is 2. The molecule has 1 fully saturated rings. The minimum absolute atomic E-state index is 0.0116. The van der Waals surface area contributed by atoms with Crippen LogP contribution in [0.15, 0.2) is 42.5 Å². The highest BCUT2D eigenvalue weighted by atomic mass is 19.1. The molecule has 34 heavy (non-hydrogen) atoms. The van der Waals surface area contributed by atoms with Crippen molar-refractivity contribution in [1.29, 1.82) is 0 Å². The number of nitrogens with one attached hydrogen (secondary N) is 1. The lowest BCUT2D eigenvalue weighted by Crippen LogP contribution is -2.41. The maximum Gasteiger partial charge on any atom is 0.244 e. The van der Waals surface area contributed by atoms with Gasteiger partial charge in [-0.2, -0.15) is 5.10 Å². The van der Waals surface area contributed by atoms with Crippen LogP contribution in [-0.2, 0) is 22.7 Å². The molecule has 0 bridgehead atoms. The van der Waals surface area contributed by atoms with E-state index in [1.807, 2.05) is 19.1 Å². The number of hydrogen-bond acceptors (Lipinski definition) is 4. The lowest BCUT2D eigenvalue weighted by atomic mass is 10.1. The van der Waals surface area contributed by atoms with Crippen LogP contribution in [0.1, 0.15) is 41.4 Å². The van der Waals surface area contributed by atoms with E-state index in [1.54, 1.807) is 24.3 Å². The van der Waals surface area contributed by atoms with E-state index >= 15 is 0 Å². The third-order valence-corrected chi connectivity index (χ3v) is 6.06. The Labute approximate surface area is 195 Å². The Morgan fingerprint density at radius 2 is 1.94 bits per heavy atom. The van der Waals surface area contributed by atoms with Crippen molar-refractivity contribution in [2.24, 2.45) is 0 Å². The van der Waals surface area contributed by atoms with Crippen molar-refractivity contribution in [3.63, 3.8) is 0 Å². The minimum atomic E-state index is -1.24. The van der Waals surface area contributed by atoms with E-state index in [1.165, 1.54) is 22.6 Å². The molecule has 7 nitrogen and oxygen atoms in total. The van der Waals surface area contributed by atoms with Crippen LogP contribution in [0.25, 0.3) is 10.9 Å².